The molecule has 0 aliphatic carbocycles. The molecule has 2 rings (SSSR count). The zero-order chi connectivity index (χ0) is 17.5. The second kappa shape index (κ2) is 8.78. The van der Waals surface area contributed by atoms with E-state index in [2.05, 4.69) is 12.2 Å². The van der Waals surface area contributed by atoms with Crippen molar-refractivity contribution in [2.45, 2.75) is 32.2 Å². The lowest BCUT2D eigenvalue weighted by atomic mass is 10.1. The highest BCUT2D eigenvalue weighted by atomic mass is 16.5. The van der Waals surface area contributed by atoms with E-state index in [-0.39, 0.29) is 5.91 Å². The lowest BCUT2D eigenvalue weighted by Gasteiger charge is -2.20. The van der Waals surface area contributed by atoms with Crippen LogP contribution >= 0.6 is 0 Å². The van der Waals surface area contributed by atoms with Crippen molar-refractivity contribution >= 4 is 5.91 Å². The number of nitrogens with one attached hydrogen (secondary N) is 2. The largest absolute Gasteiger partial charge is 0.493 e. The zero-order valence-corrected chi connectivity index (χ0v) is 15.1. The Kier molecular flexibility index (Phi) is 6.73. The smallest absolute Gasteiger partial charge is 0.224 e. The molecular formula is C18H29N2O4+. The molecule has 134 valence electrons. The number of quaternary nitrogens is 1. The van der Waals surface area contributed by atoms with Crippen molar-refractivity contribution in [3.8, 4) is 17.2 Å². The van der Waals surface area contributed by atoms with Crippen molar-refractivity contribution in [3.05, 3.63) is 17.7 Å². The van der Waals surface area contributed by atoms with Gasteiger partial charge in [-0.2, -0.15) is 0 Å². The van der Waals surface area contributed by atoms with E-state index in [9.17, 15) is 4.79 Å². The van der Waals surface area contributed by atoms with Crippen molar-refractivity contribution in [3.63, 3.8) is 0 Å². The fraction of sp³-hybridized carbons (Fsp3) is 0.611. The van der Waals surface area contributed by atoms with Crippen LogP contribution in [0.25, 0.3) is 0 Å². The van der Waals surface area contributed by atoms with Gasteiger partial charge in [0.2, 0.25) is 11.7 Å². The van der Waals surface area contributed by atoms with Gasteiger partial charge in [0.15, 0.2) is 11.5 Å². The predicted molar refractivity (Wildman–Crippen MR) is 92.2 cm³/mol. The molecule has 0 spiro atoms. The van der Waals surface area contributed by atoms with E-state index >= 15 is 0 Å². The summed E-state index contributed by atoms with van der Waals surface area (Å²) >= 11 is 0. The van der Waals surface area contributed by atoms with Gasteiger partial charge in [0.1, 0.15) is 6.04 Å². The number of hydrogen-bond acceptors (Lipinski definition) is 4. The van der Waals surface area contributed by atoms with E-state index in [1.165, 1.54) is 19.4 Å². The van der Waals surface area contributed by atoms with Gasteiger partial charge < -0.3 is 24.4 Å². The van der Waals surface area contributed by atoms with Crippen molar-refractivity contribution in [1.82, 2.24) is 5.32 Å². The van der Waals surface area contributed by atoms with Crippen LogP contribution in [-0.2, 0) is 11.2 Å². The third-order valence-corrected chi connectivity index (χ3v) is 4.72. The quantitative estimate of drug-likeness (QED) is 0.723. The number of ether oxygens (including phenoxy) is 3. The van der Waals surface area contributed by atoms with Crippen LogP contribution in [0, 0.1) is 0 Å². The number of carbonyl (C=O) groups excluding carboxylic acids is 1. The molecule has 1 aromatic carbocycles. The maximum atomic E-state index is 12.3. The fourth-order valence-corrected chi connectivity index (χ4v) is 3.42. The summed E-state index contributed by atoms with van der Waals surface area (Å²) in [5.41, 5.74) is 0.841. The van der Waals surface area contributed by atoms with Gasteiger partial charge in [-0.05, 0) is 24.6 Å². The highest BCUT2D eigenvalue weighted by Gasteiger charge is 2.27. The first-order valence-corrected chi connectivity index (χ1v) is 8.53. The summed E-state index contributed by atoms with van der Waals surface area (Å²) < 4.78 is 16.0. The highest BCUT2D eigenvalue weighted by Crippen LogP contribution is 2.38. The van der Waals surface area contributed by atoms with E-state index < -0.39 is 0 Å². The van der Waals surface area contributed by atoms with Gasteiger partial charge in [-0.1, -0.05) is 0 Å². The van der Waals surface area contributed by atoms with Crippen LogP contribution < -0.4 is 24.4 Å². The molecule has 6 heteroatoms. The minimum absolute atomic E-state index is 0.0200. The third kappa shape index (κ3) is 4.32. The van der Waals surface area contributed by atoms with Gasteiger partial charge in [-0.25, -0.2) is 0 Å². The number of carbonyl (C=O) groups is 1. The molecule has 1 fully saturated rings. The van der Waals surface area contributed by atoms with Gasteiger partial charge in [0, 0.05) is 12.8 Å². The summed E-state index contributed by atoms with van der Waals surface area (Å²) in [7, 11) is 4.71. The zero-order valence-electron chi connectivity index (χ0n) is 15.1. The maximum Gasteiger partial charge on any atom is 0.224 e. The summed E-state index contributed by atoms with van der Waals surface area (Å²) in [5.74, 6) is 1.69. The molecule has 1 aromatic rings. The average molecular weight is 337 g/mol. The van der Waals surface area contributed by atoms with Crippen LogP contribution in [-0.4, -0.2) is 52.9 Å². The molecule has 24 heavy (non-hydrogen) atoms. The Morgan fingerprint density at radius 2 is 1.88 bits per heavy atom. The average Bonchev–Trinajstić information content (AvgIpc) is 3.06. The van der Waals surface area contributed by atoms with Crippen LogP contribution in [0.5, 0.6) is 17.2 Å². The topological polar surface area (TPSA) is 61.2 Å². The van der Waals surface area contributed by atoms with E-state index in [1.807, 2.05) is 12.1 Å². The maximum absolute atomic E-state index is 12.3. The minimum Gasteiger partial charge on any atom is -0.493 e. The van der Waals surface area contributed by atoms with E-state index in [0.717, 1.165) is 18.7 Å². The number of benzene rings is 1. The van der Waals surface area contributed by atoms with Gasteiger partial charge in [0.05, 0.1) is 47.4 Å². The molecule has 0 radical (unpaired) electrons. The summed E-state index contributed by atoms with van der Waals surface area (Å²) in [5, 5.41) is 3.07. The number of likely N-dealkylation sites (N-methyl/N-ethyl adjacent to an activating group) is 1. The Labute approximate surface area is 144 Å². The summed E-state index contributed by atoms with van der Waals surface area (Å²) in [6, 6.07) is 4.18. The molecule has 1 heterocycles. The monoisotopic (exact) mass is 337 g/mol. The highest BCUT2D eigenvalue weighted by molar-refractivity contribution is 5.79. The Morgan fingerprint density at radius 3 is 2.42 bits per heavy atom. The van der Waals surface area contributed by atoms with Crippen molar-refractivity contribution in [2.24, 2.45) is 0 Å². The molecule has 1 aliphatic rings. The molecule has 0 aromatic heterocycles. The molecule has 1 amide bonds. The number of amides is 1. The summed E-state index contributed by atoms with van der Waals surface area (Å²) in [4.78, 5) is 13.9. The third-order valence-electron chi connectivity index (χ3n) is 4.72. The van der Waals surface area contributed by atoms with E-state index in [1.54, 1.807) is 26.2 Å². The lowest BCUT2D eigenvalue weighted by molar-refractivity contribution is -0.909. The van der Waals surface area contributed by atoms with Crippen molar-refractivity contribution in [2.75, 3.05) is 41.0 Å². The van der Waals surface area contributed by atoms with Crippen LogP contribution in [0.3, 0.4) is 0 Å². The number of methoxy groups -OCH3 is 3. The van der Waals surface area contributed by atoms with Gasteiger partial charge in [-0.3, -0.25) is 4.79 Å². The fourth-order valence-electron chi connectivity index (χ4n) is 3.42. The second-order valence-electron chi connectivity index (χ2n) is 6.12. The first-order chi connectivity index (χ1) is 11.6. The Hall–Kier alpha value is -1.95. The standard InChI is InChI=1S/C18H28N2O4/c1-5-20-8-6-7-14(20)12-19-17(21)11-13-9-15(22-2)18(24-4)16(10-13)23-3/h9-10,14H,5-8,11-12H2,1-4H3,(H,19,21)/p+1/t14-/m0/s1. The summed E-state index contributed by atoms with van der Waals surface area (Å²) in [6.07, 6.45) is 2.73. The number of likely N-dealkylation sites (tertiary alicyclic amines) is 1. The van der Waals surface area contributed by atoms with Crippen LogP contribution in [0.1, 0.15) is 25.3 Å². The molecule has 0 bridgehead atoms. The van der Waals surface area contributed by atoms with Gasteiger partial charge >= 0.3 is 0 Å². The Balaban J connectivity index is 1.98. The molecule has 6 nitrogen and oxygen atoms in total. The first kappa shape index (κ1) is 18.4. The van der Waals surface area contributed by atoms with Crippen LogP contribution in [0.15, 0.2) is 12.1 Å². The van der Waals surface area contributed by atoms with Crippen molar-refractivity contribution in [1.29, 1.82) is 0 Å². The normalized spacial score (nSPS) is 19.8. The molecule has 1 aliphatic heterocycles. The molecule has 1 unspecified atom stereocenters. The lowest BCUT2D eigenvalue weighted by Crippen LogP contribution is -3.14. The Bertz CT molecular complexity index is 537. The van der Waals surface area contributed by atoms with Gasteiger partial charge in [-0.15, -0.1) is 0 Å². The molecule has 2 N–H and O–H groups in total. The van der Waals surface area contributed by atoms with Crippen molar-refractivity contribution < 1.29 is 23.9 Å². The Morgan fingerprint density at radius 1 is 1.21 bits per heavy atom. The second-order valence-corrected chi connectivity index (χ2v) is 6.12. The molecule has 1 saturated heterocycles. The van der Waals surface area contributed by atoms with Crippen LogP contribution in [0.2, 0.25) is 0 Å². The van der Waals surface area contributed by atoms with E-state index in [0.29, 0.717) is 29.7 Å². The first-order valence-electron chi connectivity index (χ1n) is 8.53. The number of hydrogen-bond donors (Lipinski definition) is 2. The van der Waals surface area contributed by atoms with Crippen LogP contribution in [0.4, 0.5) is 0 Å². The minimum atomic E-state index is 0.0200. The summed E-state index contributed by atoms with van der Waals surface area (Å²) in [6.45, 7) is 5.27. The molecular weight excluding hydrogens is 308 g/mol. The molecule has 0 saturated carbocycles. The molecule has 2 atom stereocenters. The van der Waals surface area contributed by atoms with Gasteiger partial charge in [0.25, 0.3) is 0 Å². The SMILES string of the molecule is CC[NH+]1CCC[C@H]1CNC(=O)Cc1cc(OC)c(OC)c(OC)c1. The van der Waals surface area contributed by atoms with E-state index in [4.69, 9.17) is 14.2 Å². The predicted octanol–water partition coefficient (Wildman–Crippen LogP) is 0.438. The number of rotatable bonds is 8.